The molecule has 10 nitrogen and oxygen atoms in total. The van der Waals surface area contributed by atoms with Crippen molar-refractivity contribution in [3.05, 3.63) is 72.3 Å². The van der Waals surface area contributed by atoms with Crippen molar-refractivity contribution in [2.45, 2.75) is 45.8 Å². The molecule has 0 spiro atoms. The Morgan fingerprint density at radius 3 is 2.35 bits per heavy atom. The molecular formula is C30H35N5O5. The van der Waals surface area contributed by atoms with Crippen molar-refractivity contribution in [3.63, 3.8) is 0 Å². The van der Waals surface area contributed by atoms with Gasteiger partial charge >= 0.3 is 0 Å². The molecule has 0 saturated carbocycles. The molecule has 0 radical (unpaired) electrons. The molecule has 3 aromatic carbocycles. The van der Waals surface area contributed by atoms with Crippen molar-refractivity contribution in [2.24, 2.45) is 0 Å². The second-order valence-corrected chi connectivity index (χ2v) is 10.2. The number of carbonyl (C=O) groups excluding carboxylic acids is 2. The predicted octanol–water partition coefficient (Wildman–Crippen LogP) is 4.54. The van der Waals surface area contributed by atoms with Gasteiger partial charge in [-0.15, -0.1) is 5.10 Å². The van der Waals surface area contributed by atoms with E-state index in [1.807, 2.05) is 52.0 Å². The number of aromatic nitrogens is 3. The van der Waals surface area contributed by atoms with Gasteiger partial charge in [-0.3, -0.25) is 14.5 Å². The quantitative estimate of drug-likeness (QED) is 0.312. The second-order valence-electron chi connectivity index (χ2n) is 10.2. The Labute approximate surface area is 233 Å². The monoisotopic (exact) mass is 545 g/mol. The number of para-hydroxylation sites is 2. The van der Waals surface area contributed by atoms with Gasteiger partial charge < -0.3 is 19.5 Å². The lowest BCUT2D eigenvalue weighted by molar-refractivity contribution is -0.128. The molecule has 0 aliphatic rings. The van der Waals surface area contributed by atoms with Gasteiger partial charge in [0, 0.05) is 16.8 Å². The molecular weight excluding hydrogens is 510 g/mol. The number of hydrogen-bond donors (Lipinski definition) is 1. The van der Waals surface area contributed by atoms with E-state index in [1.54, 1.807) is 42.5 Å². The molecule has 0 bridgehead atoms. The first kappa shape index (κ1) is 28.4. The fraction of sp³-hybridized carbons (Fsp3) is 0.333. The molecule has 1 N–H and O–H groups in total. The number of rotatable bonds is 10. The molecule has 0 saturated heterocycles. The van der Waals surface area contributed by atoms with E-state index in [9.17, 15) is 9.59 Å². The smallest absolute Gasteiger partial charge is 0.249 e. The summed E-state index contributed by atoms with van der Waals surface area (Å²) in [6.45, 7) is 7.90. The number of fused-ring (bicyclic) bond motifs is 1. The van der Waals surface area contributed by atoms with Crippen molar-refractivity contribution in [1.82, 2.24) is 20.3 Å². The van der Waals surface area contributed by atoms with Crippen molar-refractivity contribution in [3.8, 4) is 17.2 Å². The summed E-state index contributed by atoms with van der Waals surface area (Å²) in [4.78, 5) is 29.8. The average molecular weight is 546 g/mol. The largest absolute Gasteiger partial charge is 0.494 e. The molecule has 0 fully saturated rings. The third kappa shape index (κ3) is 6.17. The molecule has 1 heterocycles. The second kappa shape index (κ2) is 12.1. The van der Waals surface area contributed by atoms with Gasteiger partial charge in [0.2, 0.25) is 11.8 Å². The SMILES string of the molecule is CCOc1ccc(N(C(=O)Cn2nnc3ccccc32)C(C(=O)NC(C)(C)C)c2cccc(OC)c2OC)cc1. The number of nitrogens with one attached hydrogen (secondary N) is 1. The number of methoxy groups -OCH3 is 2. The number of carbonyl (C=O) groups is 2. The molecule has 4 rings (SSSR count). The van der Waals surface area contributed by atoms with E-state index in [0.29, 0.717) is 46.1 Å². The van der Waals surface area contributed by atoms with Crippen molar-refractivity contribution < 1.29 is 23.8 Å². The first-order valence-corrected chi connectivity index (χ1v) is 13.0. The van der Waals surface area contributed by atoms with Gasteiger partial charge in [0.05, 0.1) is 26.3 Å². The standard InChI is InChI=1S/C30H35N5O5/c1-7-40-21-17-15-20(16-18-21)35(26(36)19-34-24-13-9-8-12-23(24)32-33-34)27(29(37)31-30(2,3)4)22-11-10-14-25(38-5)28(22)39-6/h8-18,27H,7,19H2,1-6H3,(H,31,37). The minimum absolute atomic E-state index is 0.153. The number of amides is 2. The first-order chi connectivity index (χ1) is 19.2. The Balaban J connectivity index is 1.89. The predicted molar refractivity (Wildman–Crippen MR) is 153 cm³/mol. The van der Waals surface area contributed by atoms with Crippen molar-refractivity contribution in [2.75, 3.05) is 25.7 Å². The normalized spacial score (nSPS) is 12.1. The highest BCUT2D eigenvalue weighted by molar-refractivity contribution is 6.02. The summed E-state index contributed by atoms with van der Waals surface area (Å²) in [6.07, 6.45) is 0. The Kier molecular flexibility index (Phi) is 8.57. The summed E-state index contributed by atoms with van der Waals surface area (Å²) in [7, 11) is 3.03. The van der Waals surface area contributed by atoms with Crippen LogP contribution in [0.25, 0.3) is 11.0 Å². The number of hydrogen-bond acceptors (Lipinski definition) is 7. The van der Waals surface area contributed by atoms with Crippen LogP contribution < -0.4 is 24.4 Å². The highest BCUT2D eigenvalue weighted by atomic mass is 16.5. The number of benzene rings is 3. The molecule has 210 valence electrons. The maximum absolute atomic E-state index is 14.3. The highest BCUT2D eigenvalue weighted by Crippen LogP contribution is 2.39. The van der Waals surface area contributed by atoms with Gasteiger partial charge in [0.15, 0.2) is 11.5 Å². The zero-order chi connectivity index (χ0) is 28.9. The Bertz CT molecular complexity index is 1480. The van der Waals surface area contributed by atoms with E-state index in [1.165, 1.54) is 23.8 Å². The molecule has 40 heavy (non-hydrogen) atoms. The molecule has 1 aromatic heterocycles. The average Bonchev–Trinajstić information content (AvgIpc) is 3.33. The lowest BCUT2D eigenvalue weighted by Crippen LogP contribution is -2.50. The van der Waals surface area contributed by atoms with Gasteiger partial charge in [-0.2, -0.15) is 0 Å². The molecule has 2 amide bonds. The Morgan fingerprint density at radius 2 is 1.70 bits per heavy atom. The van der Waals surface area contributed by atoms with Crippen LogP contribution in [0.5, 0.6) is 17.2 Å². The molecule has 4 aromatic rings. The molecule has 1 atom stereocenters. The molecule has 10 heteroatoms. The minimum atomic E-state index is -1.11. The van der Waals surface area contributed by atoms with Crippen LogP contribution in [0.3, 0.4) is 0 Å². The highest BCUT2D eigenvalue weighted by Gasteiger charge is 2.37. The van der Waals surface area contributed by atoms with Gasteiger partial charge in [0.1, 0.15) is 23.9 Å². The van der Waals surface area contributed by atoms with E-state index in [4.69, 9.17) is 14.2 Å². The summed E-state index contributed by atoms with van der Waals surface area (Å²) < 4.78 is 18.4. The van der Waals surface area contributed by atoms with Crippen LogP contribution in [0, 0.1) is 0 Å². The fourth-order valence-electron chi connectivity index (χ4n) is 4.51. The maximum Gasteiger partial charge on any atom is 0.249 e. The maximum atomic E-state index is 14.3. The minimum Gasteiger partial charge on any atom is -0.494 e. The topological polar surface area (TPSA) is 108 Å². The summed E-state index contributed by atoms with van der Waals surface area (Å²) in [5.74, 6) is 0.683. The molecule has 0 aliphatic carbocycles. The lowest BCUT2D eigenvalue weighted by Gasteiger charge is -2.34. The van der Waals surface area contributed by atoms with Gasteiger partial charge in [-0.1, -0.05) is 29.5 Å². The van der Waals surface area contributed by atoms with Crippen LogP contribution in [-0.4, -0.2) is 53.2 Å². The van der Waals surface area contributed by atoms with Crippen molar-refractivity contribution >= 4 is 28.5 Å². The fourth-order valence-corrected chi connectivity index (χ4v) is 4.51. The van der Waals surface area contributed by atoms with Crippen LogP contribution in [0.4, 0.5) is 5.69 Å². The number of ether oxygens (including phenoxy) is 3. The van der Waals surface area contributed by atoms with Crippen LogP contribution in [0.15, 0.2) is 66.7 Å². The summed E-state index contributed by atoms with van der Waals surface area (Å²) >= 11 is 0. The zero-order valence-corrected chi connectivity index (χ0v) is 23.7. The van der Waals surface area contributed by atoms with Gasteiger partial charge in [-0.25, -0.2) is 4.68 Å². The first-order valence-electron chi connectivity index (χ1n) is 13.0. The van der Waals surface area contributed by atoms with Gasteiger partial charge in [-0.05, 0) is 70.2 Å². The third-order valence-electron chi connectivity index (χ3n) is 6.13. The molecule has 0 aliphatic heterocycles. The summed E-state index contributed by atoms with van der Waals surface area (Å²) in [5.41, 5.74) is 1.76. The Morgan fingerprint density at radius 1 is 0.975 bits per heavy atom. The third-order valence-corrected chi connectivity index (χ3v) is 6.13. The van der Waals surface area contributed by atoms with E-state index in [2.05, 4.69) is 15.6 Å². The summed E-state index contributed by atoms with van der Waals surface area (Å²) in [5, 5.41) is 11.4. The van der Waals surface area contributed by atoms with Crippen molar-refractivity contribution in [1.29, 1.82) is 0 Å². The van der Waals surface area contributed by atoms with Crippen LogP contribution in [-0.2, 0) is 16.1 Å². The summed E-state index contributed by atoms with van der Waals surface area (Å²) in [6, 6.07) is 18.6. The number of nitrogens with zero attached hydrogens (tertiary/aromatic N) is 4. The van der Waals surface area contributed by atoms with Crippen LogP contribution >= 0.6 is 0 Å². The van der Waals surface area contributed by atoms with E-state index in [-0.39, 0.29) is 18.4 Å². The zero-order valence-electron chi connectivity index (χ0n) is 23.7. The van der Waals surface area contributed by atoms with Crippen LogP contribution in [0.2, 0.25) is 0 Å². The Hall–Kier alpha value is -4.60. The molecule has 1 unspecified atom stereocenters. The van der Waals surface area contributed by atoms with Gasteiger partial charge in [0.25, 0.3) is 0 Å². The number of anilines is 1. The van der Waals surface area contributed by atoms with Crippen LogP contribution in [0.1, 0.15) is 39.3 Å². The lowest BCUT2D eigenvalue weighted by atomic mass is 9.99. The van der Waals surface area contributed by atoms with E-state index >= 15 is 0 Å². The van der Waals surface area contributed by atoms with E-state index in [0.717, 1.165) is 0 Å². The van der Waals surface area contributed by atoms with E-state index < -0.39 is 11.6 Å².